The minimum atomic E-state index is 0. The molecule has 0 amide bonds. The van der Waals surface area contributed by atoms with E-state index in [1.165, 1.54) is 25.1 Å². The van der Waals surface area contributed by atoms with Gasteiger partial charge < -0.3 is 19.9 Å². The van der Waals surface area contributed by atoms with Crippen molar-refractivity contribution in [2.45, 2.75) is 19.9 Å². The fourth-order valence-corrected chi connectivity index (χ4v) is 3.15. The number of hydrogen-bond acceptors (Lipinski definition) is 3. The van der Waals surface area contributed by atoms with E-state index in [0.717, 1.165) is 31.3 Å². The van der Waals surface area contributed by atoms with Crippen LogP contribution in [0.5, 0.6) is 5.75 Å². The Labute approximate surface area is 163 Å². The first-order valence-corrected chi connectivity index (χ1v) is 8.44. The topological polar surface area (TPSA) is 40.1 Å². The Morgan fingerprint density at radius 2 is 2.17 bits per heavy atom. The standard InChI is InChI=1S/C18H30N4O.HI/c1-5-22-11-10-15(13-22)12-20-18(19-2)21(3)14-16-8-6-7-9-17(16)23-4;/h6-9,15H,5,10-14H2,1-4H3,(H,19,20);1H. The van der Waals surface area contributed by atoms with Crippen LogP contribution in [0.1, 0.15) is 18.9 Å². The zero-order valence-electron chi connectivity index (χ0n) is 15.3. The molecule has 1 fully saturated rings. The van der Waals surface area contributed by atoms with Gasteiger partial charge in [-0.15, -0.1) is 24.0 Å². The van der Waals surface area contributed by atoms with E-state index >= 15 is 0 Å². The van der Waals surface area contributed by atoms with Gasteiger partial charge in [-0.1, -0.05) is 25.1 Å². The van der Waals surface area contributed by atoms with Crippen LogP contribution in [0.25, 0.3) is 0 Å². The van der Waals surface area contributed by atoms with Crippen LogP contribution in [0.4, 0.5) is 0 Å². The van der Waals surface area contributed by atoms with Crippen LogP contribution in [0, 0.1) is 5.92 Å². The van der Waals surface area contributed by atoms with E-state index in [-0.39, 0.29) is 24.0 Å². The molecule has 1 aliphatic heterocycles. The molecule has 0 radical (unpaired) electrons. The molecule has 136 valence electrons. The number of rotatable bonds is 6. The number of halogens is 1. The van der Waals surface area contributed by atoms with Gasteiger partial charge in [-0.2, -0.15) is 0 Å². The summed E-state index contributed by atoms with van der Waals surface area (Å²) in [6, 6.07) is 8.13. The molecule has 0 aliphatic carbocycles. The lowest BCUT2D eigenvalue weighted by Crippen LogP contribution is -2.41. The zero-order valence-corrected chi connectivity index (χ0v) is 17.6. The maximum Gasteiger partial charge on any atom is 0.193 e. The van der Waals surface area contributed by atoms with Gasteiger partial charge in [0.25, 0.3) is 0 Å². The van der Waals surface area contributed by atoms with Crippen molar-refractivity contribution in [2.24, 2.45) is 10.9 Å². The number of benzene rings is 1. The lowest BCUT2D eigenvalue weighted by atomic mass is 10.1. The Morgan fingerprint density at radius 3 is 2.79 bits per heavy atom. The first-order chi connectivity index (χ1) is 11.2. The first kappa shape index (κ1) is 21.0. The number of ether oxygens (including phenoxy) is 1. The maximum absolute atomic E-state index is 5.43. The van der Waals surface area contributed by atoms with E-state index in [1.54, 1.807) is 7.11 Å². The van der Waals surface area contributed by atoms with Gasteiger partial charge in [-0.05, 0) is 31.5 Å². The first-order valence-electron chi connectivity index (χ1n) is 8.44. The van der Waals surface area contributed by atoms with Gasteiger partial charge in [0, 0.05) is 39.3 Å². The molecule has 0 aromatic heterocycles. The monoisotopic (exact) mass is 446 g/mol. The van der Waals surface area contributed by atoms with Crippen LogP contribution >= 0.6 is 24.0 Å². The Bertz CT molecular complexity index is 523. The summed E-state index contributed by atoms with van der Waals surface area (Å²) in [5, 5.41) is 3.52. The highest BCUT2D eigenvalue weighted by Gasteiger charge is 2.21. The van der Waals surface area contributed by atoms with Crippen molar-refractivity contribution in [1.82, 2.24) is 15.1 Å². The van der Waals surface area contributed by atoms with Crippen LogP contribution in [0.2, 0.25) is 0 Å². The quantitative estimate of drug-likeness (QED) is 0.415. The maximum atomic E-state index is 5.43. The molecule has 24 heavy (non-hydrogen) atoms. The normalized spacial score (nSPS) is 18.2. The third-order valence-electron chi connectivity index (χ3n) is 4.54. The molecular weight excluding hydrogens is 415 g/mol. The minimum absolute atomic E-state index is 0. The molecule has 1 N–H and O–H groups in total. The van der Waals surface area contributed by atoms with Crippen LogP contribution in [0.3, 0.4) is 0 Å². The van der Waals surface area contributed by atoms with E-state index < -0.39 is 0 Å². The van der Waals surface area contributed by atoms with Gasteiger partial charge in [0.1, 0.15) is 5.75 Å². The molecule has 1 saturated heterocycles. The third kappa shape index (κ3) is 5.81. The summed E-state index contributed by atoms with van der Waals surface area (Å²) >= 11 is 0. The second kappa shape index (κ2) is 10.8. The highest BCUT2D eigenvalue weighted by atomic mass is 127. The van der Waals surface area contributed by atoms with Crippen molar-refractivity contribution in [2.75, 3.05) is 47.4 Å². The molecule has 5 nitrogen and oxygen atoms in total. The highest BCUT2D eigenvalue weighted by molar-refractivity contribution is 14.0. The fraction of sp³-hybridized carbons (Fsp3) is 0.611. The number of methoxy groups -OCH3 is 1. The largest absolute Gasteiger partial charge is 0.496 e. The molecule has 6 heteroatoms. The molecule has 1 aliphatic rings. The summed E-state index contributed by atoms with van der Waals surface area (Å²) in [6.07, 6.45) is 1.27. The average molecular weight is 446 g/mol. The summed E-state index contributed by atoms with van der Waals surface area (Å²) in [5.74, 6) is 2.57. The summed E-state index contributed by atoms with van der Waals surface area (Å²) in [4.78, 5) is 9.07. The predicted octanol–water partition coefficient (Wildman–Crippen LogP) is 2.66. The van der Waals surface area contributed by atoms with Gasteiger partial charge in [0.2, 0.25) is 0 Å². The van der Waals surface area contributed by atoms with Crippen LogP contribution < -0.4 is 10.1 Å². The third-order valence-corrected chi connectivity index (χ3v) is 4.54. The molecule has 1 unspecified atom stereocenters. The Kier molecular flexibility index (Phi) is 9.43. The molecular formula is C18H31IN4O. The highest BCUT2D eigenvalue weighted by Crippen LogP contribution is 2.19. The van der Waals surface area contributed by atoms with Gasteiger partial charge in [-0.3, -0.25) is 4.99 Å². The van der Waals surface area contributed by atoms with Crippen LogP contribution in [-0.4, -0.2) is 63.1 Å². The Morgan fingerprint density at radius 1 is 1.42 bits per heavy atom. The Balaban J connectivity index is 0.00000288. The summed E-state index contributed by atoms with van der Waals surface area (Å²) in [5.41, 5.74) is 1.17. The van der Waals surface area contributed by atoms with Crippen LogP contribution in [0.15, 0.2) is 29.3 Å². The van der Waals surface area contributed by atoms with E-state index in [2.05, 4.69) is 40.1 Å². The number of para-hydroxylation sites is 1. The molecule has 0 bridgehead atoms. The van der Waals surface area contributed by atoms with Crippen molar-refractivity contribution in [3.63, 3.8) is 0 Å². The molecule has 1 aromatic carbocycles. The summed E-state index contributed by atoms with van der Waals surface area (Å²) < 4.78 is 5.43. The van der Waals surface area contributed by atoms with E-state index in [0.29, 0.717) is 5.92 Å². The molecule has 0 saturated carbocycles. The summed E-state index contributed by atoms with van der Waals surface area (Å²) in [6.45, 7) is 7.55. The van der Waals surface area contributed by atoms with Crippen molar-refractivity contribution in [1.29, 1.82) is 0 Å². The number of guanidine groups is 1. The molecule has 1 atom stereocenters. The SMILES string of the molecule is CCN1CCC(CNC(=NC)N(C)Cc2ccccc2OC)C1.I. The lowest BCUT2D eigenvalue weighted by molar-refractivity contribution is 0.340. The van der Waals surface area contributed by atoms with Gasteiger partial charge in [0.05, 0.1) is 7.11 Å². The molecule has 2 rings (SSSR count). The molecule has 1 heterocycles. The number of aliphatic imine (C=N–C) groups is 1. The minimum Gasteiger partial charge on any atom is -0.496 e. The number of nitrogens with zero attached hydrogens (tertiary/aromatic N) is 3. The zero-order chi connectivity index (χ0) is 16.7. The lowest BCUT2D eigenvalue weighted by Gasteiger charge is -2.24. The van der Waals surface area contributed by atoms with Crippen molar-refractivity contribution < 1.29 is 4.74 Å². The van der Waals surface area contributed by atoms with Gasteiger partial charge in [-0.25, -0.2) is 0 Å². The summed E-state index contributed by atoms with van der Waals surface area (Å²) in [7, 11) is 5.62. The predicted molar refractivity (Wildman–Crippen MR) is 111 cm³/mol. The Hall–Kier alpha value is -1.02. The van der Waals surface area contributed by atoms with E-state index in [1.807, 2.05) is 25.2 Å². The average Bonchev–Trinajstić information content (AvgIpc) is 3.04. The second-order valence-electron chi connectivity index (χ2n) is 6.14. The number of likely N-dealkylation sites (tertiary alicyclic amines) is 1. The number of hydrogen-bond donors (Lipinski definition) is 1. The van der Waals surface area contributed by atoms with E-state index in [4.69, 9.17) is 4.74 Å². The van der Waals surface area contributed by atoms with Crippen molar-refractivity contribution in [3.05, 3.63) is 29.8 Å². The van der Waals surface area contributed by atoms with Gasteiger partial charge in [0.15, 0.2) is 5.96 Å². The fourth-order valence-electron chi connectivity index (χ4n) is 3.15. The smallest absolute Gasteiger partial charge is 0.193 e. The van der Waals surface area contributed by atoms with Crippen LogP contribution in [-0.2, 0) is 6.54 Å². The molecule has 0 spiro atoms. The van der Waals surface area contributed by atoms with E-state index in [9.17, 15) is 0 Å². The number of nitrogens with one attached hydrogen (secondary N) is 1. The van der Waals surface area contributed by atoms with Crippen molar-refractivity contribution >= 4 is 29.9 Å². The second-order valence-corrected chi connectivity index (χ2v) is 6.14. The van der Waals surface area contributed by atoms with Gasteiger partial charge >= 0.3 is 0 Å². The van der Waals surface area contributed by atoms with Crippen molar-refractivity contribution in [3.8, 4) is 5.75 Å². The molecule has 1 aromatic rings.